The van der Waals surface area contributed by atoms with Crippen molar-refractivity contribution in [2.24, 2.45) is 0 Å². The topological polar surface area (TPSA) is 36.3 Å². The van der Waals surface area contributed by atoms with E-state index in [0.29, 0.717) is 10.9 Å². The number of hydrogen-bond donors (Lipinski definition) is 1. The summed E-state index contributed by atoms with van der Waals surface area (Å²) in [5, 5.41) is 8.78. The summed E-state index contributed by atoms with van der Waals surface area (Å²) in [6.07, 6.45) is 6.74. The van der Waals surface area contributed by atoms with E-state index in [1.165, 1.54) is 32.1 Å². The highest BCUT2D eigenvalue weighted by Gasteiger charge is 2.46. The van der Waals surface area contributed by atoms with Crippen molar-refractivity contribution in [3.05, 3.63) is 0 Å². The first kappa shape index (κ1) is 9.97. The minimum Gasteiger partial charge on any atom is -0.376 e. The molecule has 3 nitrogen and oxygen atoms in total. The second kappa shape index (κ2) is 3.67. The van der Waals surface area contributed by atoms with Gasteiger partial charge in [0.2, 0.25) is 0 Å². The predicted molar refractivity (Wildman–Crippen MR) is 62.4 cm³/mol. The van der Waals surface area contributed by atoms with Gasteiger partial charge in [-0.15, -0.1) is 0 Å². The van der Waals surface area contributed by atoms with Crippen LogP contribution in [-0.4, -0.2) is 40.6 Å². The molecule has 1 atom stereocenters. The van der Waals surface area contributed by atoms with Crippen LogP contribution in [0.15, 0.2) is 0 Å². The van der Waals surface area contributed by atoms with Crippen LogP contribution in [0.5, 0.6) is 0 Å². The average Bonchev–Trinajstić information content (AvgIpc) is 2.74. The van der Waals surface area contributed by atoms with Gasteiger partial charge < -0.3 is 9.64 Å². The number of thioether (sulfide) groups is 1. The third-order valence-electron chi connectivity index (χ3n) is 3.79. The lowest BCUT2D eigenvalue weighted by molar-refractivity contribution is 0.0888. The second-order valence-electron chi connectivity index (χ2n) is 4.96. The third kappa shape index (κ3) is 1.78. The maximum absolute atomic E-state index is 8.00. The zero-order valence-electron chi connectivity index (χ0n) is 9.00. The Morgan fingerprint density at radius 3 is 2.87 bits per heavy atom. The molecule has 1 saturated carbocycles. The van der Waals surface area contributed by atoms with E-state index in [9.17, 15) is 0 Å². The lowest BCUT2D eigenvalue weighted by Crippen LogP contribution is -2.40. The molecule has 84 valence electrons. The van der Waals surface area contributed by atoms with E-state index in [2.05, 4.69) is 4.90 Å². The van der Waals surface area contributed by atoms with Gasteiger partial charge in [-0.2, -0.15) is 0 Å². The summed E-state index contributed by atoms with van der Waals surface area (Å²) in [7, 11) is 0. The molecular weight excluding hydrogens is 208 g/mol. The molecule has 0 radical (unpaired) electrons. The van der Waals surface area contributed by atoms with Gasteiger partial charge in [0.1, 0.15) is 0 Å². The first-order chi connectivity index (χ1) is 7.27. The Bertz CT molecular complexity index is 272. The van der Waals surface area contributed by atoms with E-state index in [4.69, 9.17) is 10.1 Å². The average molecular weight is 226 g/mol. The fraction of sp³-hybridized carbons (Fsp3) is 0.909. The quantitative estimate of drug-likeness (QED) is 0.783. The summed E-state index contributed by atoms with van der Waals surface area (Å²) >= 11 is 1.80. The van der Waals surface area contributed by atoms with Gasteiger partial charge in [0.25, 0.3) is 0 Å². The van der Waals surface area contributed by atoms with Crippen LogP contribution in [0.25, 0.3) is 0 Å². The van der Waals surface area contributed by atoms with Crippen LogP contribution in [0, 0.1) is 5.41 Å². The molecule has 1 N–H and O–H groups in total. The van der Waals surface area contributed by atoms with E-state index in [0.717, 1.165) is 24.9 Å². The zero-order chi connectivity index (χ0) is 10.3. The largest absolute Gasteiger partial charge is 0.376 e. The molecule has 1 aliphatic carbocycles. The van der Waals surface area contributed by atoms with Gasteiger partial charge in [-0.05, 0) is 25.7 Å². The van der Waals surface area contributed by atoms with Crippen molar-refractivity contribution < 1.29 is 4.74 Å². The molecule has 0 aromatic rings. The molecule has 15 heavy (non-hydrogen) atoms. The molecule has 1 unspecified atom stereocenters. The lowest BCUT2D eigenvalue weighted by Gasteiger charge is -2.36. The molecular formula is C11H18N2OS. The molecule has 3 aliphatic rings. The Balaban J connectivity index is 1.59. The van der Waals surface area contributed by atoms with Gasteiger partial charge in [0, 0.05) is 24.4 Å². The van der Waals surface area contributed by atoms with Gasteiger partial charge in [-0.25, -0.2) is 0 Å². The van der Waals surface area contributed by atoms with Crippen LogP contribution < -0.4 is 0 Å². The Kier molecular flexibility index (Phi) is 2.44. The van der Waals surface area contributed by atoms with E-state index >= 15 is 0 Å². The SMILES string of the molecule is N=C1SC2(CCC2)CN1CC1CCCO1. The number of amidine groups is 1. The van der Waals surface area contributed by atoms with Gasteiger partial charge in [0.15, 0.2) is 5.17 Å². The highest BCUT2D eigenvalue weighted by atomic mass is 32.2. The number of nitrogens with zero attached hydrogens (tertiary/aromatic N) is 1. The van der Waals surface area contributed by atoms with Crippen molar-refractivity contribution >= 4 is 16.9 Å². The van der Waals surface area contributed by atoms with E-state index in [-0.39, 0.29) is 0 Å². The van der Waals surface area contributed by atoms with E-state index < -0.39 is 0 Å². The van der Waals surface area contributed by atoms with Crippen LogP contribution >= 0.6 is 11.8 Å². The summed E-state index contributed by atoms with van der Waals surface area (Å²) in [6, 6.07) is 0. The lowest BCUT2D eigenvalue weighted by atomic mass is 9.84. The second-order valence-corrected chi connectivity index (χ2v) is 6.42. The van der Waals surface area contributed by atoms with Crippen molar-refractivity contribution in [3.63, 3.8) is 0 Å². The van der Waals surface area contributed by atoms with Crippen LogP contribution in [0.1, 0.15) is 32.1 Å². The maximum atomic E-state index is 8.00. The molecule has 0 aromatic carbocycles. The van der Waals surface area contributed by atoms with Gasteiger partial charge >= 0.3 is 0 Å². The monoisotopic (exact) mass is 226 g/mol. The third-order valence-corrected chi connectivity index (χ3v) is 5.21. The maximum Gasteiger partial charge on any atom is 0.157 e. The highest BCUT2D eigenvalue weighted by molar-refractivity contribution is 8.15. The molecule has 2 aliphatic heterocycles. The van der Waals surface area contributed by atoms with Crippen molar-refractivity contribution in [3.8, 4) is 0 Å². The predicted octanol–water partition coefficient (Wildman–Crippen LogP) is 2.07. The van der Waals surface area contributed by atoms with Gasteiger partial charge in [-0.3, -0.25) is 5.41 Å². The first-order valence-corrected chi connectivity index (χ1v) is 6.73. The molecule has 3 fully saturated rings. The van der Waals surface area contributed by atoms with Gasteiger partial charge in [-0.1, -0.05) is 18.2 Å². The molecule has 0 bridgehead atoms. The number of rotatable bonds is 2. The minimum absolute atomic E-state index is 0.390. The van der Waals surface area contributed by atoms with Crippen LogP contribution in [-0.2, 0) is 4.74 Å². The summed E-state index contributed by atoms with van der Waals surface area (Å²) in [5.41, 5.74) is 0. The van der Waals surface area contributed by atoms with E-state index in [1.54, 1.807) is 11.8 Å². The Labute approximate surface area is 95.1 Å². The molecule has 3 rings (SSSR count). The number of nitrogens with one attached hydrogen (secondary N) is 1. The standard InChI is InChI=1S/C11H18N2OS/c12-10-13(7-9-3-1-6-14-9)8-11(15-10)4-2-5-11/h9,12H,1-8H2. The molecule has 1 spiro atoms. The first-order valence-electron chi connectivity index (χ1n) is 5.92. The summed E-state index contributed by atoms with van der Waals surface area (Å²) in [5.74, 6) is 0. The zero-order valence-corrected chi connectivity index (χ0v) is 9.81. The summed E-state index contributed by atoms with van der Waals surface area (Å²) in [4.78, 5) is 2.24. The highest BCUT2D eigenvalue weighted by Crippen LogP contribution is 2.49. The fourth-order valence-corrected chi connectivity index (χ4v) is 4.13. The Morgan fingerprint density at radius 2 is 2.33 bits per heavy atom. The van der Waals surface area contributed by atoms with Crippen molar-refractivity contribution in [1.82, 2.24) is 4.90 Å². The van der Waals surface area contributed by atoms with Crippen molar-refractivity contribution in [2.75, 3.05) is 19.7 Å². The normalized spacial score (nSPS) is 33.7. The molecule has 0 aromatic heterocycles. The summed E-state index contributed by atoms with van der Waals surface area (Å²) in [6.45, 7) is 2.97. The molecule has 4 heteroatoms. The smallest absolute Gasteiger partial charge is 0.157 e. The van der Waals surface area contributed by atoms with Crippen molar-refractivity contribution in [1.29, 1.82) is 5.41 Å². The van der Waals surface area contributed by atoms with Crippen LogP contribution in [0.4, 0.5) is 0 Å². The van der Waals surface area contributed by atoms with Crippen molar-refractivity contribution in [2.45, 2.75) is 43.0 Å². The summed E-state index contributed by atoms with van der Waals surface area (Å²) < 4.78 is 6.06. The number of hydrogen-bond acceptors (Lipinski definition) is 3. The number of ether oxygens (including phenoxy) is 1. The van der Waals surface area contributed by atoms with Crippen LogP contribution in [0.3, 0.4) is 0 Å². The Hall–Kier alpha value is -0.220. The van der Waals surface area contributed by atoms with Crippen LogP contribution in [0.2, 0.25) is 0 Å². The fourth-order valence-electron chi connectivity index (χ4n) is 2.73. The van der Waals surface area contributed by atoms with E-state index in [1.807, 2.05) is 0 Å². The minimum atomic E-state index is 0.390. The Morgan fingerprint density at radius 1 is 1.47 bits per heavy atom. The molecule has 2 saturated heterocycles. The van der Waals surface area contributed by atoms with Gasteiger partial charge in [0.05, 0.1) is 6.10 Å². The molecule has 2 heterocycles. The molecule has 0 amide bonds.